The van der Waals surface area contributed by atoms with Crippen molar-refractivity contribution in [3.63, 3.8) is 0 Å². The molecule has 0 aromatic heterocycles. The zero-order chi connectivity index (χ0) is 14.4. The molecule has 1 aliphatic rings. The minimum atomic E-state index is -0.101. The van der Waals surface area contributed by atoms with Gasteiger partial charge in [0.2, 0.25) is 5.91 Å². The number of nitrogens with one attached hydrogen (secondary N) is 2. The van der Waals surface area contributed by atoms with Gasteiger partial charge in [-0.2, -0.15) is 0 Å². The molecule has 4 heteroatoms. The standard InChI is InChI=1S/C16H24N2O2/c1-3-6-13(11-20-2)18-16(19)15-10-17-9-12-7-4-5-8-14(12)15/h4-5,7-8,13,15,17H,3,6,9-11H2,1-2H3,(H,18,19). The predicted octanol–water partition coefficient (Wildman–Crippen LogP) is 1.80. The Balaban J connectivity index is 2.06. The number of carbonyl (C=O) groups is 1. The van der Waals surface area contributed by atoms with Gasteiger partial charge in [-0.1, -0.05) is 37.6 Å². The molecule has 2 N–H and O–H groups in total. The highest BCUT2D eigenvalue weighted by Gasteiger charge is 2.27. The van der Waals surface area contributed by atoms with Crippen LogP contribution in [0.3, 0.4) is 0 Å². The third kappa shape index (κ3) is 3.58. The van der Waals surface area contributed by atoms with Crippen LogP contribution < -0.4 is 10.6 Å². The van der Waals surface area contributed by atoms with Crippen LogP contribution in [-0.2, 0) is 16.1 Å². The van der Waals surface area contributed by atoms with Crippen LogP contribution in [0.1, 0.15) is 36.8 Å². The van der Waals surface area contributed by atoms with Crippen molar-refractivity contribution in [2.75, 3.05) is 20.3 Å². The number of hydrogen-bond donors (Lipinski definition) is 2. The van der Waals surface area contributed by atoms with Gasteiger partial charge in [0.1, 0.15) is 0 Å². The van der Waals surface area contributed by atoms with E-state index in [0.29, 0.717) is 13.2 Å². The Labute approximate surface area is 120 Å². The molecule has 1 aromatic carbocycles. The normalized spacial score (nSPS) is 19.2. The molecule has 0 aliphatic carbocycles. The van der Waals surface area contributed by atoms with Crippen LogP contribution in [0.5, 0.6) is 0 Å². The molecule has 2 atom stereocenters. The highest BCUT2D eigenvalue weighted by molar-refractivity contribution is 5.85. The van der Waals surface area contributed by atoms with E-state index in [0.717, 1.165) is 24.9 Å². The first kappa shape index (κ1) is 15.0. The van der Waals surface area contributed by atoms with E-state index in [1.165, 1.54) is 5.56 Å². The topological polar surface area (TPSA) is 50.4 Å². The Morgan fingerprint density at radius 3 is 3.05 bits per heavy atom. The van der Waals surface area contributed by atoms with E-state index in [1.807, 2.05) is 12.1 Å². The van der Waals surface area contributed by atoms with E-state index in [2.05, 4.69) is 29.7 Å². The number of rotatable bonds is 6. The number of ether oxygens (including phenoxy) is 1. The van der Waals surface area contributed by atoms with Crippen molar-refractivity contribution < 1.29 is 9.53 Å². The lowest BCUT2D eigenvalue weighted by molar-refractivity contribution is -0.123. The SMILES string of the molecule is CCCC(COC)NC(=O)C1CNCc2ccccc21. The fraction of sp³-hybridized carbons (Fsp3) is 0.562. The maximum absolute atomic E-state index is 12.5. The molecule has 110 valence electrons. The van der Waals surface area contributed by atoms with Crippen molar-refractivity contribution in [3.8, 4) is 0 Å². The quantitative estimate of drug-likeness (QED) is 0.833. The number of hydrogen-bond acceptors (Lipinski definition) is 3. The highest BCUT2D eigenvalue weighted by Crippen LogP contribution is 2.24. The summed E-state index contributed by atoms with van der Waals surface area (Å²) in [7, 11) is 1.67. The molecule has 0 fully saturated rings. The first-order valence-corrected chi connectivity index (χ1v) is 7.34. The zero-order valence-electron chi connectivity index (χ0n) is 12.3. The summed E-state index contributed by atoms with van der Waals surface area (Å²) in [4.78, 5) is 12.5. The Kier molecular flexibility index (Phi) is 5.56. The van der Waals surface area contributed by atoms with Crippen LogP contribution in [0.4, 0.5) is 0 Å². The van der Waals surface area contributed by atoms with E-state index in [9.17, 15) is 4.79 Å². The third-order valence-electron chi connectivity index (χ3n) is 3.76. The summed E-state index contributed by atoms with van der Waals surface area (Å²) >= 11 is 0. The maximum Gasteiger partial charge on any atom is 0.229 e. The number of methoxy groups -OCH3 is 1. The van der Waals surface area contributed by atoms with Gasteiger partial charge in [-0.15, -0.1) is 0 Å². The molecule has 1 heterocycles. The van der Waals surface area contributed by atoms with Gasteiger partial charge in [0.25, 0.3) is 0 Å². The average molecular weight is 276 g/mol. The molecule has 1 amide bonds. The predicted molar refractivity (Wildman–Crippen MR) is 79.6 cm³/mol. The lowest BCUT2D eigenvalue weighted by Gasteiger charge is -2.27. The summed E-state index contributed by atoms with van der Waals surface area (Å²) < 4.78 is 5.18. The fourth-order valence-electron chi connectivity index (χ4n) is 2.78. The van der Waals surface area contributed by atoms with Gasteiger partial charge in [-0.3, -0.25) is 4.79 Å². The molecule has 1 aliphatic heterocycles. The van der Waals surface area contributed by atoms with Gasteiger partial charge in [0, 0.05) is 20.2 Å². The molecule has 0 bridgehead atoms. The Hall–Kier alpha value is -1.39. The average Bonchev–Trinajstić information content (AvgIpc) is 2.47. The molecule has 0 saturated heterocycles. The van der Waals surface area contributed by atoms with Gasteiger partial charge < -0.3 is 15.4 Å². The van der Waals surface area contributed by atoms with Gasteiger partial charge in [0.15, 0.2) is 0 Å². The van der Waals surface area contributed by atoms with Crippen LogP contribution in [0, 0.1) is 0 Å². The third-order valence-corrected chi connectivity index (χ3v) is 3.76. The van der Waals surface area contributed by atoms with Crippen LogP contribution >= 0.6 is 0 Å². The van der Waals surface area contributed by atoms with Gasteiger partial charge in [-0.05, 0) is 17.5 Å². The molecule has 0 radical (unpaired) electrons. The van der Waals surface area contributed by atoms with Crippen molar-refractivity contribution in [1.82, 2.24) is 10.6 Å². The van der Waals surface area contributed by atoms with E-state index >= 15 is 0 Å². The Morgan fingerprint density at radius 2 is 2.30 bits per heavy atom. The van der Waals surface area contributed by atoms with Gasteiger partial charge in [-0.25, -0.2) is 0 Å². The van der Waals surface area contributed by atoms with Crippen molar-refractivity contribution >= 4 is 5.91 Å². The summed E-state index contributed by atoms with van der Waals surface area (Å²) in [6, 6.07) is 8.27. The highest BCUT2D eigenvalue weighted by atomic mass is 16.5. The van der Waals surface area contributed by atoms with E-state index < -0.39 is 0 Å². The van der Waals surface area contributed by atoms with Crippen LogP contribution in [0.2, 0.25) is 0 Å². The zero-order valence-corrected chi connectivity index (χ0v) is 12.3. The molecular weight excluding hydrogens is 252 g/mol. The fourth-order valence-corrected chi connectivity index (χ4v) is 2.78. The molecule has 0 spiro atoms. The maximum atomic E-state index is 12.5. The first-order valence-electron chi connectivity index (χ1n) is 7.34. The molecule has 2 unspecified atom stereocenters. The number of benzene rings is 1. The van der Waals surface area contributed by atoms with E-state index in [4.69, 9.17) is 4.74 Å². The Morgan fingerprint density at radius 1 is 1.50 bits per heavy atom. The van der Waals surface area contributed by atoms with Crippen LogP contribution in [0.15, 0.2) is 24.3 Å². The lowest BCUT2D eigenvalue weighted by Crippen LogP contribution is -2.44. The summed E-state index contributed by atoms with van der Waals surface area (Å²) in [6.07, 6.45) is 1.98. The molecule has 20 heavy (non-hydrogen) atoms. The smallest absolute Gasteiger partial charge is 0.229 e. The van der Waals surface area contributed by atoms with Crippen molar-refractivity contribution in [2.24, 2.45) is 0 Å². The molecular formula is C16H24N2O2. The summed E-state index contributed by atoms with van der Waals surface area (Å²) in [5, 5.41) is 6.44. The van der Waals surface area contributed by atoms with E-state index in [1.54, 1.807) is 7.11 Å². The van der Waals surface area contributed by atoms with Gasteiger partial charge >= 0.3 is 0 Å². The summed E-state index contributed by atoms with van der Waals surface area (Å²) in [6.45, 7) is 4.23. The monoisotopic (exact) mass is 276 g/mol. The first-order chi connectivity index (χ1) is 9.76. The lowest BCUT2D eigenvalue weighted by atomic mass is 9.90. The molecule has 0 saturated carbocycles. The number of amides is 1. The molecule has 1 aromatic rings. The summed E-state index contributed by atoms with van der Waals surface area (Å²) in [5.74, 6) is -0.00341. The second kappa shape index (κ2) is 7.41. The molecule has 4 nitrogen and oxygen atoms in total. The van der Waals surface area contributed by atoms with Gasteiger partial charge in [0.05, 0.1) is 18.6 Å². The minimum Gasteiger partial charge on any atom is -0.383 e. The van der Waals surface area contributed by atoms with E-state index in [-0.39, 0.29) is 17.9 Å². The number of carbonyl (C=O) groups excluding carboxylic acids is 1. The largest absolute Gasteiger partial charge is 0.383 e. The minimum absolute atomic E-state index is 0.0974. The van der Waals surface area contributed by atoms with Crippen LogP contribution in [0.25, 0.3) is 0 Å². The summed E-state index contributed by atoms with van der Waals surface area (Å²) in [5.41, 5.74) is 2.37. The van der Waals surface area contributed by atoms with Crippen molar-refractivity contribution in [3.05, 3.63) is 35.4 Å². The van der Waals surface area contributed by atoms with Crippen molar-refractivity contribution in [2.45, 2.75) is 38.3 Å². The molecule has 2 rings (SSSR count). The second-order valence-electron chi connectivity index (χ2n) is 5.33. The van der Waals surface area contributed by atoms with Crippen LogP contribution in [-0.4, -0.2) is 32.2 Å². The second-order valence-corrected chi connectivity index (χ2v) is 5.33. The van der Waals surface area contributed by atoms with Crippen molar-refractivity contribution in [1.29, 1.82) is 0 Å². The Bertz CT molecular complexity index is 442. The number of fused-ring (bicyclic) bond motifs is 1.